The summed E-state index contributed by atoms with van der Waals surface area (Å²) in [5.41, 5.74) is 1.35. The maximum atomic E-state index is 13.0. The van der Waals surface area contributed by atoms with Crippen molar-refractivity contribution in [2.75, 3.05) is 45.6 Å². The van der Waals surface area contributed by atoms with E-state index in [0.29, 0.717) is 17.3 Å². The zero-order valence-corrected chi connectivity index (χ0v) is 16.9. The van der Waals surface area contributed by atoms with Crippen LogP contribution in [0.5, 0.6) is 0 Å². The van der Waals surface area contributed by atoms with Gasteiger partial charge in [-0.05, 0) is 26.9 Å². The van der Waals surface area contributed by atoms with Gasteiger partial charge in [0.2, 0.25) is 0 Å². The van der Waals surface area contributed by atoms with E-state index in [-0.39, 0.29) is 5.91 Å². The van der Waals surface area contributed by atoms with Gasteiger partial charge in [0.05, 0.1) is 0 Å². The van der Waals surface area contributed by atoms with Crippen LogP contribution in [0.4, 0.5) is 5.82 Å². The highest BCUT2D eigenvalue weighted by Crippen LogP contribution is 2.19. The van der Waals surface area contributed by atoms with E-state index >= 15 is 0 Å². The Kier molecular flexibility index (Phi) is 8.20. The standard InChI is InChI=1S/C21H31N5O/c1-5-13-26(14-6-2)21(27)18-16-19(22-12-15-25(3)4)24-20(23-18)17-10-8-7-9-11-17/h7-11,16H,5-6,12-15H2,1-4H3,(H,22,23,24). The van der Waals surface area contributed by atoms with Gasteiger partial charge in [-0.2, -0.15) is 0 Å². The average Bonchev–Trinajstić information content (AvgIpc) is 2.67. The first-order chi connectivity index (χ1) is 13.0. The van der Waals surface area contributed by atoms with Crippen molar-refractivity contribution in [2.24, 2.45) is 0 Å². The Hall–Kier alpha value is -2.47. The maximum absolute atomic E-state index is 13.0. The monoisotopic (exact) mass is 369 g/mol. The third-order valence-corrected chi connectivity index (χ3v) is 4.12. The molecule has 0 aliphatic carbocycles. The summed E-state index contributed by atoms with van der Waals surface area (Å²) in [5.74, 6) is 1.22. The van der Waals surface area contributed by atoms with E-state index in [0.717, 1.165) is 44.6 Å². The highest BCUT2D eigenvalue weighted by molar-refractivity contribution is 5.93. The minimum atomic E-state index is -0.0334. The summed E-state index contributed by atoms with van der Waals surface area (Å²) < 4.78 is 0. The SMILES string of the molecule is CCCN(CCC)C(=O)c1cc(NCCN(C)C)nc(-c2ccccc2)n1. The van der Waals surface area contributed by atoms with Gasteiger partial charge in [-0.15, -0.1) is 0 Å². The molecule has 0 saturated carbocycles. The molecule has 2 aromatic rings. The number of amides is 1. The molecule has 1 amide bonds. The fourth-order valence-corrected chi connectivity index (χ4v) is 2.79. The molecule has 6 nitrogen and oxygen atoms in total. The summed E-state index contributed by atoms with van der Waals surface area (Å²) in [6, 6.07) is 11.5. The van der Waals surface area contributed by atoms with Crippen LogP contribution in [0, 0.1) is 0 Å². The van der Waals surface area contributed by atoms with Gasteiger partial charge in [0.25, 0.3) is 5.91 Å². The number of hydrogen-bond donors (Lipinski definition) is 1. The lowest BCUT2D eigenvalue weighted by molar-refractivity contribution is 0.0749. The lowest BCUT2D eigenvalue weighted by atomic mass is 10.2. The fraction of sp³-hybridized carbons (Fsp3) is 0.476. The smallest absolute Gasteiger partial charge is 0.272 e. The van der Waals surface area contributed by atoms with Gasteiger partial charge >= 0.3 is 0 Å². The zero-order chi connectivity index (χ0) is 19.6. The molecule has 0 atom stereocenters. The summed E-state index contributed by atoms with van der Waals surface area (Å²) in [6.07, 6.45) is 1.85. The van der Waals surface area contributed by atoms with E-state index in [1.165, 1.54) is 0 Å². The summed E-state index contributed by atoms with van der Waals surface area (Å²) in [5, 5.41) is 3.32. The molecule has 0 fully saturated rings. The summed E-state index contributed by atoms with van der Waals surface area (Å²) >= 11 is 0. The number of anilines is 1. The number of hydrogen-bond acceptors (Lipinski definition) is 5. The lowest BCUT2D eigenvalue weighted by Crippen LogP contribution is -2.33. The van der Waals surface area contributed by atoms with Crippen LogP contribution in [0.2, 0.25) is 0 Å². The molecule has 0 saturated heterocycles. The Labute approximate surface area is 162 Å². The Bertz CT molecular complexity index is 712. The Morgan fingerprint density at radius 1 is 1.00 bits per heavy atom. The van der Waals surface area contributed by atoms with Gasteiger partial charge in [-0.3, -0.25) is 4.79 Å². The molecular weight excluding hydrogens is 338 g/mol. The van der Waals surface area contributed by atoms with Crippen LogP contribution < -0.4 is 5.32 Å². The topological polar surface area (TPSA) is 61.4 Å². The number of aromatic nitrogens is 2. The van der Waals surface area contributed by atoms with E-state index < -0.39 is 0 Å². The first-order valence-electron chi connectivity index (χ1n) is 9.67. The van der Waals surface area contributed by atoms with Gasteiger partial charge in [0.1, 0.15) is 11.5 Å². The first-order valence-corrected chi connectivity index (χ1v) is 9.67. The second kappa shape index (κ2) is 10.6. The van der Waals surface area contributed by atoms with E-state index in [9.17, 15) is 4.79 Å². The molecule has 1 N–H and O–H groups in total. The van der Waals surface area contributed by atoms with E-state index in [1.807, 2.05) is 49.3 Å². The van der Waals surface area contributed by atoms with E-state index in [1.54, 1.807) is 6.07 Å². The second-order valence-electron chi connectivity index (χ2n) is 6.85. The van der Waals surface area contributed by atoms with E-state index in [4.69, 9.17) is 0 Å². The quantitative estimate of drug-likeness (QED) is 0.696. The number of carbonyl (C=O) groups is 1. The number of carbonyl (C=O) groups excluding carboxylic acids is 1. The third kappa shape index (κ3) is 6.32. The second-order valence-corrected chi connectivity index (χ2v) is 6.85. The molecular formula is C21H31N5O. The molecule has 146 valence electrons. The number of benzene rings is 1. The molecule has 0 aliphatic rings. The number of nitrogens with zero attached hydrogens (tertiary/aromatic N) is 4. The molecule has 0 spiro atoms. The molecule has 0 radical (unpaired) electrons. The molecule has 0 aliphatic heterocycles. The highest BCUT2D eigenvalue weighted by atomic mass is 16.2. The summed E-state index contributed by atoms with van der Waals surface area (Å²) in [6.45, 7) is 7.27. The van der Waals surface area contributed by atoms with Crippen molar-refractivity contribution >= 4 is 11.7 Å². The first kappa shape index (κ1) is 20.8. The van der Waals surface area contributed by atoms with Crippen molar-refractivity contribution in [3.63, 3.8) is 0 Å². The Morgan fingerprint density at radius 3 is 2.26 bits per heavy atom. The van der Waals surface area contributed by atoms with Gasteiger partial charge in [0.15, 0.2) is 5.82 Å². The predicted octanol–water partition coefficient (Wildman–Crippen LogP) is 3.38. The number of likely N-dealkylation sites (N-methyl/N-ethyl adjacent to an activating group) is 1. The molecule has 2 rings (SSSR count). The van der Waals surface area contributed by atoms with Crippen LogP contribution in [0.25, 0.3) is 11.4 Å². The molecule has 1 aromatic heterocycles. The van der Waals surface area contributed by atoms with Crippen molar-refractivity contribution < 1.29 is 4.79 Å². The van der Waals surface area contributed by atoms with Gasteiger partial charge in [-0.25, -0.2) is 9.97 Å². The predicted molar refractivity (Wildman–Crippen MR) is 111 cm³/mol. The van der Waals surface area contributed by atoms with Crippen molar-refractivity contribution in [2.45, 2.75) is 26.7 Å². The van der Waals surface area contributed by atoms with Crippen molar-refractivity contribution in [3.8, 4) is 11.4 Å². The fourth-order valence-electron chi connectivity index (χ4n) is 2.79. The molecule has 27 heavy (non-hydrogen) atoms. The van der Waals surface area contributed by atoms with Crippen LogP contribution in [0.15, 0.2) is 36.4 Å². The van der Waals surface area contributed by atoms with Gasteiger partial charge in [-0.1, -0.05) is 44.2 Å². The largest absolute Gasteiger partial charge is 0.369 e. The number of nitrogens with one attached hydrogen (secondary N) is 1. The van der Waals surface area contributed by atoms with Crippen LogP contribution in [-0.2, 0) is 0 Å². The van der Waals surface area contributed by atoms with Crippen LogP contribution in [0.3, 0.4) is 0 Å². The Balaban J connectivity index is 2.35. The Morgan fingerprint density at radius 2 is 1.67 bits per heavy atom. The maximum Gasteiger partial charge on any atom is 0.272 e. The van der Waals surface area contributed by atoms with E-state index in [2.05, 4.69) is 34.0 Å². The molecule has 6 heteroatoms. The van der Waals surface area contributed by atoms with Gasteiger partial charge < -0.3 is 15.1 Å². The molecule has 1 aromatic carbocycles. The third-order valence-electron chi connectivity index (χ3n) is 4.12. The minimum Gasteiger partial charge on any atom is -0.369 e. The summed E-state index contributed by atoms with van der Waals surface area (Å²) in [4.78, 5) is 26.2. The van der Waals surface area contributed by atoms with Crippen molar-refractivity contribution in [1.29, 1.82) is 0 Å². The highest BCUT2D eigenvalue weighted by Gasteiger charge is 2.18. The van der Waals surface area contributed by atoms with Gasteiger partial charge in [0, 0.05) is 37.8 Å². The van der Waals surface area contributed by atoms with Crippen LogP contribution in [0.1, 0.15) is 37.2 Å². The normalized spacial score (nSPS) is 10.9. The van der Waals surface area contributed by atoms with Crippen molar-refractivity contribution in [3.05, 3.63) is 42.1 Å². The molecule has 0 bridgehead atoms. The van der Waals surface area contributed by atoms with Crippen molar-refractivity contribution in [1.82, 2.24) is 19.8 Å². The van der Waals surface area contributed by atoms with Crippen LogP contribution in [-0.4, -0.2) is 65.9 Å². The number of rotatable bonds is 10. The zero-order valence-electron chi connectivity index (χ0n) is 16.9. The average molecular weight is 370 g/mol. The minimum absolute atomic E-state index is 0.0334. The van der Waals surface area contributed by atoms with Crippen LogP contribution >= 0.6 is 0 Å². The molecule has 1 heterocycles. The summed E-state index contributed by atoms with van der Waals surface area (Å²) in [7, 11) is 4.05. The molecule has 0 unspecified atom stereocenters. The lowest BCUT2D eigenvalue weighted by Gasteiger charge is -2.21.